The molecule has 0 atom stereocenters. The number of aliphatic imine (C=N–C) groups is 1. The summed E-state index contributed by atoms with van der Waals surface area (Å²) in [6.07, 6.45) is 0.564. The van der Waals surface area contributed by atoms with Crippen LogP contribution in [0.2, 0.25) is 0 Å². The number of sulfonamides is 1. The van der Waals surface area contributed by atoms with Gasteiger partial charge in [0.2, 0.25) is 0 Å². The lowest BCUT2D eigenvalue weighted by Gasteiger charge is -2.32. The second kappa shape index (κ2) is 8.92. The molecule has 0 aliphatic carbocycles. The SMILES string of the molecule is CCNC(=NCc1ccccc1C)NC1CCN(S(=O)(=O)C(F)(F)F)CC1. The number of hydrogen-bond donors (Lipinski definition) is 2. The number of rotatable bonds is 5. The van der Waals surface area contributed by atoms with Gasteiger partial charge in [0.1, 0.15) is 0 Å². The van der Waals surface area contributed by atoms with Gasteiger partial charge in [-0.3, -0.25) is 0 Å². The molecule has 1 aliphatic heterocycles. The molecule has 1 aromatic rings. The van der Waals surface area contributed by atoms with Gasteiger partial charge in [0.25, 0.3) is 0 Å². The maximum atomic E-state index is 12.6. The largest absolute Gasteiger partial charge is 0.511 e. The van der Waals surface area contributed by atoms with Crippen LogP contribution >= 0.6 is 0 Å². The zero-order valence-electron chi connectivity index (χ0n) is 15.4. The molecule has 0 aromatic heterocycles. The van der Waals surface area contributed by atoms with Crippen molar-refractivity contribution >= 4 is 16.0 Å². The summed E-state index contributed by atoms with van der Waals surface area (Å²) in [5.41, 5.74) is -3.04. The Morgan fingerprint density at radius 1 is 1.26 bits per heavy atom. The molecule has 1 fully saturated rings. The molecule has 10 heteroatoms. The molecule has 152 valence electrons. The fraction of sp³-hybridized carbons (Fsp3) is 0.588. The number of nitrogens with zero attached hydrogens (tertiary/aromatic N) is 2. The van der Waals surface area contributed by atoms with E-state index in [1.807, 2.05) is 38.1 Å². The average molecular weight is 406 g/mol. The van der Waals surface area contributed by atoms with Gasteiger partial charge in [-0.15, -0.1) is 0 Å². The molecule has 27 heavy (non-hydrogen) atoms. The van der Waals surface area contributed by atoms with Crippen LogP contribution in [0.5, 0.6) is 0 Å². The van der Waals surface area contributed by atoms with Gasteiger partial charge in [-0.05, 0) is 37.8 Å². The van der Waals surface area contributed by atoms with E-state index in [1.54, 1.807) is 0 Å². The van der Waals surface area contributed by atoms with Gasteiger partial charge in [0, 0.05) is 25.7 Å². The highest BCUT2D eigenvalue weighted by Crippen LogP contribution is 2.28. The number of nitrogens with one attached hydrogen (secondary N) is 2. The molecular weight excluding hydrogens is 381 g/mol. The number of aryl methyl sites for hydroxylation is 1. The summed E-state index contributed by atoms with van der Waals surface area (Å²) in [5, 5.41) is 6.31. The predicted octanol–water partition coefficient (Wildman–Crippen LogP) is 2.36. The van der Waals surface area contributed by atoms with Crippen molar-refractivity contribution in [1.82, 2.24) is 14.9 Å². The van der Waals surface area contributed by atoms with E-state index < -0.39 is 15.5 Å². The van der Waals surface area contributed by atoms with Crippen molar-refractivity contribution in [3.63, 3.8) is 0 Å². The van der Waals surface area contributed by atoms with Crippen LogP contribution in [-0.4, -0.2) is 49.9 Å². The smallest absolute Gasteiger partial charge is 0.357 e. The predicted molar refractivity (Wildman–Crippen MR) is 98.7 cm³/mol. The number of hydrogen-bond acceptors (Lipinski definition) is 3. The Kier molecular flexibility index (Phi) is 7.10. The van der Waals surface area contributed by atoms with E-state index in [4.69, 9.17) is 0 Å². The highest BCUT2D eigenvalue weighted by atomic mass is 32.2. The van der Waals surface area contributed by atoms with Crippen LogP contribution in [-0.2, 0) is 16.6 Å². The molecule has 0 saturated carbocycles. The minimum absolute atomic E-state index is 0.139. The Hall–Kier alpha value is -1.81. The fourth-order valence-corrected chi connectivity index (χ4v) is 3.84. The molecule has 0 radical (unpaired) electrons. The standard InChI is InChI=1S/C17H25F3N4O2S/c1-3-21-16(22-12-14-7-5-4-6-13(14)2)23-15-8-10-24(11-9-15)27(25,26)17(18,19)20/h4-7,15H,3,8-12H2,1-2H3,(H2,21,22,23). The summed E-state index contributed by atoms with van der Waals surface area (Å²) < 4.78 is 61.4. The van der Waals surface area contributed by atoms with Gasteiger partial charge in [0.15, 0.2) is 5.96 Å². The molecule has 0 spiro atoms. The van der Waals surface area contributed by atoms with E-state index >= 15 is 0 Å². The number of piperidine rings is 1. The lowest BCUT2D eigenvalue weighted by Crippen LogP contribution is -2.51. The van der Waals surface area contributed by atoms with Crippen molar-refractivity contribution in [3.8, 4) is 0 Å². The summed E-state index contributed by atoms with van der Waals surface area (Å²) in [4.78, 5) is 4.53. The van der Waals surface area contributed by atoms with Crippen LogP contribution in [0.15, 0.2) is 29.3 Å². The maximum absolute atomic E-state index is 12.6. The summed E-state index contributed by atoms with van der Waals surface area (Å²) in [6, 6.07) is 7.74. The average Bonchev–Trinajstić information content (AvgIpc) is 2.60. The van der Waals surface area contributed by atoms with Crippen LogP contribution < -0.4 is 10.6 Å². The molecule has 6 nitrogen and oxygen atoms in total. The summed E-state index contributed by atoms with van der Waals surface area (Å²) in [6.45, 7) is 4.70. The molecule has 2 rings (SSSR count). The lowest BCUT2D eigenvalue weighted by molar-refractivity contribution is -0.0494. The van der Waals surface area contributed by atoms with Crippen LogP contribution in [0.3, 0.4) is 0 Å². The molecule has 2 N–H and O–H groups in total. The molecule has 1 saturated heterocycles. The molecular formula is C17H25F3N4O2S. The lowest BCUT2D eigenvalue weighted by atomic mass is 10.1. The van der Waals surface area contributed by atoms with Gasteiger partial charge < -0.3 is 10.6 Å². The first-order chi connectivity index (χ1) is 12.6. The summed E-state index contributed by atoms with van der Waals surface area (Å²) in [7, 11) is -5.25. The van der Waals surface area contributed by atoms with Crippen molar-refractivity contribution < 1.29 is 21.6 Å². The topological polar surface area (TPSA) is 73.8 Å². The Balaban J connectivity index is 1.96. The van der Waals surface area contributed by atoms with Gasteiger partial charge >= 0.3 is 15.5 Å². The van der Waals surface area contributed by atoms with Crippen LogP contribution in [0.25, 0.3) is 0 Å². The molecule has 0 unspecified atom stereocenters. The van der Waals surface area contributed by atoms with Crippen molar-refractivity contribution in [2.24, 2.45) is 4.99 Å². The van der Waals surface area contributed by atoms with Gasteiger partial charge in [0.05, 0.1) is 6.54 Å². The third-order valence-corrected chi connectivity index (χ3v) is 6.07. The molecule has 1 aromatic carbocycles. The van der Waals surface area contributed by atoms with Crippen molar-refractivity contribution in [1.29, 1.82) is 0 Å². The van der Waals surface area contributed by atoms with Gasteiger partial charge in [-0.1, -0.05) is 24.3 Å². The quantitative estimate of drug-likeness (QED) is 0.582. The molecule has 1 heterocycles. The minimum atomic E-state index is -5.25. The van der Waals surface area contributed by atoms with Crippen molar-refractivity contribution in [3.05, 3.63) is 35.4 Å². The molecule has 0 amide bonds. The highest BCUT2D eigenvalue weighted by molar-refractivity contribution is 7.90. The van der Waals surface area contributed by atoms with Crippen LogP contribution in [0.1, 0.15) is 30.9 Å². The second-order valence-electron chi connectivity index (χ2n) is 6.39. The Bertz CT molecular complexity index is 758. The third-order valence-electron chi connectivity index (χ3n) is 4.44. The maximum Gasteiger partial charge on any atom is 0.511 e. The normalized spacial score (nSPS) is 17.7. The molecule has 1 aliphatic rings. The zero-order chi connectivity index (χ0) is 20.1. The van der Waals surface area contributed by atoms with Crippen LogP contribution in [0, 0.1) is 6.92 Å². The number of benzene rings is 1. The molecule has 0 bridgehead atoms. The number of guanidine groups is 1. The summed E-state index contributed by atoms with van der Waals surface area (Å²) in [5.74, 6) is 0.567. The third kappa shape index (κ3) is 5.58. The van der Waals surface area contributed by atoms with Crippen molar-refractivity contribution in [2.45, 2.75) is 44.8 Å². The van der Waals surface area contributed by atoms with E-state index in [0.717, 1.165) is 11.1 Å². The Morgan fingerprint density at radius 2 is 1.89 bits per heavy atom. The van der Waals surface area contributed by atoms with E-state index in [1.165, 1.54) is 0 Å². The monoisotopic (exact) mass is 406 g/mol. The van der Waals surface area contributed by atoms with Gasteiger partial charge in [-0.2, -0.15) is 17.5 Å². The van der Waals surface area contributed by atoms with Gasteiger partial charge in [-0.25, -0.2) is 13.4 Å². The van der Waals surface area contributed by atoms with E-state index in [0.29, 0.717) is 23.4 Å². The van der Waals surface area contributed by atoms with Crippen molar-refractivity contribution in [2.75, 3.05) is 19.6 Å². The highest BCUT2D eigenvalue weighted by Gasteiger charge is 2.50. The second-order valence-corrected chi connectivity index (χ2v) is 8.32. The number of alkyl halides is 3. The van der Waals surface area contributed by atoms with E-state index in [-0.39, 0.29) is 32.0 Å². The first-order valence-electron chi connectivity index (χ1n) is 8.81. The van der Waals surface area contributed by atoms with Crippen LogP contribution in [0.4, 0.5) is 13.2 Å². The summed E-state index contributed by atoms with van der Waals surface area (Å²) >= 11 is 0. The first-order valence-corrected chi connectivity index (χ1v) is 10.2. The Labute approximate surface area is 157 Å². The minimum Gasteiger partial charge on any atom is -0.357 e. The fourth-order valence-electron chi connectivity index (χ4n) is 2.85. The van der Waals surface area contributed by atoms with E-state index in [9.17, 15) is 21.6 Å². The number of halogens is 3. The first kappa shape index (κ1) is 21.5. The zero-order valence-corrected chi connectivity index (χ0v) is 16.2. The van der Waals surface area contributed by atoms with E-state index in [2.05, 4.69) is 15.6 Å². The Morgan fingerprint density at radius 3 is 2.44 bits per heavy atom.